The predicted octanol–water partition coefficient (Wildman–Crippen LogP) is 1.51. The van der Waals surface area contributed by atoms with Crippen molar-refractivity contribution in [2.45, 2.75) is 38.3 Å². The van der Waals surface area contributed by atoms with Crippen LogP contribution in [0.4, 0.5) is 4.79 Å². The molecule has 0 saturated carbocycles. The average molecular weight is 384 g/mol. The minimum atomic E-state index is -0.832. The molecule has 2 aromatic heterocycles. The molecular weight excluding hydrogens is 360 g/mol. The predicted molar refractivity (Wildman–Crippen MR) is 102 cm³/mol. The SMILES string of the molecule is CC(C)n1cnc2cc(C(=O)N3CCC4(CC3)C(=O)N(C)C(=O)N4C)cnc21. The van der Waals surface area contributed by atoms with Gasteiger partial charge in [0, 0.05) is 39.4 Å². The molecule has 9 heteroatoms. The maximum atomic E-state index is 13.0. The fourth-order valence-corrected chi connectivity index (χ4v) is 4.18. The maximum absolute atomic E-state index is 13.0. The van der Waals surface area contributed by atoms with Crippen molar-refractivity contribution in [2.75, 3.05) is 27.2 Å². The van der Waals surface area contributed by atoms with E-state index in [9.17, 15) is 14.4 Å². The van der Waals surface area contributed by atoms with Gasteiger partial charge in [0.1, 0.15) is 11.1 Å². The number of hydrogen-bond donors (Lipinski definition) is 0. The average Bonchev–Trinajstić information content (AvgIpc) is 3.19. The minimum Gasteiger partial charge on any atom is -0.338 e. The molecular formula is C19H24N6O3. The Labute approximate surface area is 162 Å². The molecule has 0 aromatic carbocycles. The smallest absolute Gasteiger partial charge is 0.327 e. The lowest BCUT2D eigenvalue weighted by atomic mass is 9.86. The van der Waals surface area contributed by atoms with Crippen LogP contribution in [0.25, 0.3) is 11.2 Å². The molecule has 4 amide bonds. The zero-order valence-corrected chi connectivity index (χ0v) is 16.5. The van der Waals surface area contributed by atoms with Crippen LogP contribution < -0.4 is 0 Å². The largest absolute Gasteiger partial charge is 0.338 e. The number of pyridine rings is 1. The summed E-state index contributed by atoms with van der Waals surface area (Å²) in [6.07, 6.45) is 4.18. The molecule has 0 aliphatic carbocycles. The molecule has 4 heterocycles. The number of carbonyl (C=O) groups is 3. The fourth-order valence-electron chi connectivity index (χ4n) is 4.18. The van der Waals surface area contributed by atoms with Crippen LogP contribution in [-0.4, -0.2) is 79.8 Å². The van der Waals surface area contributed by atoms with Gasteiger partial charge in [-0.05, 0) is 32.8 Å². The first kappa shape index (κ1) is 18.4. The molecule has 1 spiro atoms. The molecule has 2 saturated heterocycles. The van der Waals surface area contributed by atoms with Crippen LogP contribution >= 0.6 is 0 Å². The highest BCUT2D eigenvalue weighted by Crippen LogP contribution is 2.35. The van der Waals surface area contributed by atoms with Gasteiger partial charge < -0.3 is 14.4 Å². The topological polar surface area (TPSA) is 91.6 Å². The highest BCUT2D eigenvalue weighted by atomic mass is 16.2. The number of hydrogen-bond acceptors (Lipinski definition) is 5. The minimum absolute atomic E-state index is 0.129. The summed E-state index contributed by atoms with van der Waals surface area (Å²) >= 11 is 0. The third-order valence-corrected chi connectivity index (χ3v) is 6.01. The van der Waals surface area contributed by atoms with Crippen LogP contribution in [0.1, 0.15) is 43.1 Å². The van der Waals surface area contributed by atoms with Gasteiger partial charge in [0.15, 0.2) is 5.65 Å². The highest BCUT2D eigenvalue weighted by molar-refractivity contribution is 6.07. The van der Waals surface area contributed by atoms with Gasteiger partial charge in [-0.15, -0.1) is 0 Å². The standard InChI is InChI=1S/C19H24N6O3/c1-12(2)25-11-21-14-9-13(10-20-15(14)25)16(26)24-7-5-19(6-8-24)17(27)22(3)18(28)23(19)4/h9-12H,5-8H2,1-4H3. The number of likely N-dealkylation sites (N-methyl/N-ethyl adjacent to an activating group) is 2. The van der Waals surface area contributed by atoms with E-state index in [2.05, 4.69) is 23.8 Å². The van der Waals surface area contributed by atoms with Crippen LogP contribution in [0.3, 0.4) is 0 Å². The second-order valence-electron chi connectivity index (χ2n) is 7.84. The van der Waals surface area contributed by atoms with Gasteiger partial charge in [-0.25, -0.2) is 14.8 Å². The van der Waals surface area contributed by atoms with E-state index in [1.165, 1.54) is 16.8 Å². The fraction of sp³-hybridized carbons (Fsp3) is 0.526. The van der Waals surface area contributed by atoms with Crippen LogP contribution in [0.15, 0.2) is 18.6 Å². The normalized spacial score (nSPS) is 19.5. The molecule has 0 radical (unpaired) electrons. The van der Waals surface area contributed by atoms with E-state index in [0.717, 1.165) is 5.65 Å². The Kier molecular flexibility index (Phi) is 4.13. The number of fused-ring (bicyclic) bond motifs is 1. The molecule has 0 unspecified atom stereocenters. The molecule has 9 nitrogen and oxygen atoms in total. The van der Waals surface area contributed by atoms with E-state index >= 15 is 0 Å². The van der Waals surface area contributed by atoms with Crippen LogP contribution in [-0.2, 0) is 4.79 Å². The number of aromatic nitrogens is 3. The first-order chi connectivity index (χ1) is 13.3. The summed E-state index contributed by atoms with van der Waals surface area (Å²) in [4.78, 5) is 50.9. The summed E-state index contributed by atoms with van der Waals surface area (Å²) in [7, 11) is 3.16. The molecule has 4 rings (SSSR count). The van der Waals surface area contributed by atoms with E-state index in [0.29, 0.717) is 37.0 Å². The monoisotopic (exact) mass is 384 g/mol. The van der Waals surface area contributed by atoms with Gasteiger partial charge in [0.05, 0.1) is 11.9 Å². The first-order valence-corrected chi connectivity index (χ1v) is 9.44. The lowest BCUT2D eigenvalue weighted by Gasteiger charge is -2.40. The highest BCUT2D eigenvalue weighted by Gasteiger charge is 2.55. The summed E-state index contributed by atoms with van der Waals surface area (Å²) in [6.45, 7) is 4.92. The van der Waals surface area contributed by atoms with Crippen molar-refractivity contribution in [3.63, 3.8) is 0 Å². The van der Waals surface area contributed by atoms with Crippen molar-refractivity contribution in [3.05, 3.63) is 24.2 Å². The first-order valence-electron chi connectivity index (χ1n) is 9.44. The number of imide groups is 1. The van der Waals surface area contributed by atoms with E-state index in [1.807, 2.05) is 4.57 Å². The van der Waals surface area contributed by atoms with E-state index in [4.69, 9.17) is 0 Å². The summed E-state index contributed by atoms with van der Waals surface area (Å²) in [5, 5.41) is 0. The zero-order valence-electron chi connectivity index (χ0n) is 16.5. The van der Waals surface area contributed by atoms with Crippen LogP contribution in [0.2, 0.25) is 0 Å². The molecule has 0 N–H and O–H groups in total. The summed E-state index contributed by atoms with van der Waals surface area (Å²) in [5.41, 5.74) is 1.09. The lowest BCUT2D eigenvalue weighted by molar-refractivity contribution is -0.134. The second-order valence-corrected chi connectivity index (χ2v) is 7.84. The third-order valence-electron chi connectivity index (χ3n) is 6.01. The molecule has 0 bridgehead atoms. The molecule has 28 heavy (non-hydrogen) atoms. The number of amides is 4. The zero-order chi connectivity index (χ0) is 20.2. The summed E-state index contributed by atoms with van der Waals surface area (Å²) < 4.78 is 1.96. The van der Waals surface area contributed by atoms with Crippen molar-refractivity contribution < 1.29 is 14.4 Å². The lowest BCUT2D eigenvalue weighted by Crippen LogP contribution is -2.56. The molecule has 2 fully saturated rings. The van der Waals surface area contributed by atoms with Crippen molar-refractivity contribution in [3.8, 4) is 0 Å². The van der Waals surface area contributed by atoms with Gasteiger partial charge in [0.25, 0.3) is 11.8 Å². The van der Waals surface area contributed by atoms with Crippen molar-refractivity contribution in [1.29, 1.82) is 0 Å². The molecule has 2 aliphatic rings. The van der Waals surface area contributed by atoms with E-state index in [1.54, 1.807) is 30.5 Å². The van der Waals surface area contributed by atoms with E-state index < -0.39 is 5.54 Å². The van der Waals surface area contributed by atoms with Crippen molar-refractivity contribution in [1.82, 2.24) is 29.2 Å². The Hall–Kier alpha value is -2.97. The molecule has 0 atom stereocenters. The maximum Gasteiger partial charge on any atom is 0.327 e. The summed E-state index contributed by atoms with van der Waals surface area (Å²) in [5.74, 6) is -0.314. The quantitative estimate of drug-likeness (QED) is 0.732. The number of likely N-dealkylation sites (tertiary alicyclic amines) is 1. The molecule has 148 valence electrons. The Morgan fingerprint density at radius 1 is 1.14 bits per heavy atom. The number of piperidine rings is 1. The van der Waals surface area contributed by atoms with Gasteiger partial charge in [-0.1, -0.05) is 0 Å². The van der Waals surface area contributed by atoms with Crippen molar-refractivity contribution in [2.24, 2.45) is 0 Å². The number of urea groups is 1. The Morgan fingerprint density at radius 2 is 1.82 bits per heavy atom. The Morgan fingerprint density at radius 3 is 2.39 bits per heavy atom. The van der Waals surface area contributed by atoms with Gasteiger partial charge in [-0.2, -0.15) is 0 Å². The van der Waals surface area contributed by atoms with E-state index in [-0.39, 0.29) is 23.9 Å². The van der Waals surface area contributed by atoms with Crippen molar-refractivity contribution >= 4 is 29.0 Å². The Balaban J connectivity index is 1.52. The van der Waals surface area contributed by atoms with Gasteiger partial charge in [-0.3, -0.25) is 14.5 Å². The number of imidazole rings is 1. The second kappa shape index (κ2) is 6.29. The number of carbonyl (C=O) groups excluding carboxylic acids is 3. The number of nitrogens with zero attached hydrogens (tertiary/aromatic N) is 6. The summed E-state index contributed by atoms with van der Waals surface area (Å²) in [6, 6.07) is 1.71. The Bertz CT molecular complexity index is 973. The van der Waals surface area contributed by atoms with Gasteiger partial charge in [0.2, 0.25) is 0 Å². The number of rotatable bonds is 2. The molecule has 2 aliphatic heterocycles. The van der Waals surface area contributed by atoms with Gasteiger partial charge >= 0.3 is 6.03 Å². The van der Waals surface area contributed by atoms with Crippen LogP contribution in [0, 0.1) is 0 Å². The molecule has 2 aromatic rings. The van der Waals surface area contributed by atoms with Crippen LogP contribution in [0.5, 0.6) is 0 Å². The third kappa shape index (κ3) is 2.49.